The second kappa shape index (κ2) is 6.58. The van der Waals surface area contributed by atoms with E-state index in [1.807, 2.05) is 54.7 Å². The molecule has 6 rings (SSSR count). The van der Waals surface area contributed by atoms with Gasteiger partial charge in [-0.1, -0.05) is 24.3 Å². The number of aliphatic hydroxyl groups is 1. The lowest BCUT2D eigenvalue weighted by Crippen LogP contribution is -2.25. The molecule has 5 aromatic rings. The van der Waals surface area contributed by atoms with Crippen LogP contribution in [0.1, 0.15) is 23.2 Å². The Bertz CT molecular complexity index is 1390. The van der Waals surface area contributed by atoms with Crippen molar-refractivity contribution in [3.05, 3.63) is 89.3 Å². The topological polar surface area (TPSA) is 74.7 Å². The predicted octanol–water partition coefficient (Wildman–Crippen LogP) is 4.93. The molecule has 0 aliphatic heterocycles. The van der Waals surface area contributed by atoms with Crippen LogP contribution >= 0.6 is 11.3 Å². The summed E-state index contributed by atoms with van der Waals surface area (Å²) in [6, 6.07) is 16.0. The molecule has 1 atom stereocenters. The van der Waals surface area contributed by atoms with E-state index in [4.69, 9.17) is 4.98 Å². The smallest absolute Gasteiger partial charge is 0.137 e. The Morgan fingerprint density at radius 1 is 1.03 bits per heavy atom. The summed E-state index contributed by atoms with van der Waals surface area (Å²) >= 11 is 1.60. The van der Waals surface area contributed by atoms with Gasteiger partial charge in [-0.15, -0.1) is 11.3 Å². The number of hydrogen-bond donors (Lipinski definition) is 2. The van der Waals surface area contributed by atoms with Gasteiger partial charge < -0.3 is 10.1 Å². The maximum Gasteiger partial charge on any atom is 0.137 e. The lowest BCUT2D eigenvalue weighted by molar-refractivity contribution is 0.0788. The predicted molar refractivity (Wildman–Crippen MR) is 118 cm³/mol. The molecule has 0 radical (unpaired) electrons. The molecular weight excluding hydrogens is 392 g/mol. The van der Waals surface area contributed by atoms with Crippen LogP contribution in [0.5, 0.6) is 0 Å². The van der Waals surface area contributed by atoms with Crippen LogP contribution in [0, 0.1) is 0 Å². The lowest BCUT2D eigenvalue weighted by atomic mass is 9.90. The van der Waals surface area contributed by atoms with Gasteiger partial charge in [-0.3, -0.25) is 4.98 Å². The van der Waals surface area contributed by atoms with Crippen molar-refractivity contribution >= 4 is 22.4 Å². The summed E-state index contributed by atoms with van der Waals surface area (Å²) < 4.78 is 0. The molecule has 0 amide bonds. The fourth-order valence-electron chi connectivity index (χ4n) is 4.34. The number of fused-ring (bicyclic) bond motifs is 2. The second-order valence-corrected chi connectivity index (χ2v) is 8.45. The Kier molecular flexibility index (Phi) is 3.84. The molecule has 6 heteroatoms. The lowest BCUT2D eigenvalue weighted by Gasteiger charge is -2.24. The van der Waals surface area contributed by atoms with Crippen LogP contribution in [0.4, 0.5) is 0 Å². The van der Waals surface area contributed by atoms with Crippen LogP contribution in [-0.2, 0) is 12.0 Å². The van der Waals surface area contributed by atoms with E-state index in [0.29, 0.717) is 6.42 Å². The molecule has 1 aromatic carbocycles. The molecule has 4 aromatic heterocycles. The molecule has 0 fully saturated rings. The number of nitrogens with one attached hydrogen (secondary N) is 1. The maximum absolute atomic E-state index is 11.5. The monoisotopic (exact) mass is 410 g/mol. The van der Waals surface area contributed by atoms with Gasteiger partial charge >= 0.3 is 0 Å². The van der Waals surface area contributed by atoms with Gasteiger partial charge in [-0.05, 0) is 48.2 Å². The second-order valence-electron chi connectivity index (χ2n) is 7.59. The quantitative estimate of drug-likeness (QED) is 0.442. The van der Waals surface area contributed by atoms with Crippen molar-refractivity contribution in [2.24, 2.45) is 0 Å². The number of thiazole rings is 1. The number of benzene rings is 1. The Morgan fingerprint density at radius 3 is 2.90 bits per heavy atom. The maximum atomic E-state index is 11.5. The molecule has 5 nitrogen and oxygen atoms in total. The minimum atomic E-state index is -1.05. The number of aromatic nitrogens is 4. The standard InChI is InChI=1S/C24H18N4OS/c29-24(9-8-15-5-2-10-25-21(15)24)17-6-1-4-16(12-17)23-28-20(14-30-23)19-13-27-22-18(19)7-3-11-26-22/h1-7,10-14,29H,8-9H2,(H,26,27)/t24-/m1/s1. The van der Waals surface area contributed by atoms with E-state index < -0.39 is 5.60 Å². The van der Waals surface area contributed by atoms with Crippen LogP contribution in [0.15, 0.2) is 72.5 Å². The highest BCUT2D eigenvalue weighted by molar-refractivity contribution is 7.13. The number of hydrogen-bond acceptors (Lipinski definition) is 5. The fraction of sp³-hybridized carbons (Fsp3) is 0.125. The van der Waals surface area contributed by atoms with Gasteiger partial charge in [0.2, 0.25) is 0 Å². The van der Waals surface area contributed by atoms with E-state index in [2.05, 4.69) is 20.3 Å². The van der Waals surface area contributed by atoms with Gasteiger partial charge in [0, 0.05) is 40.5 Å². The van der Waals surface area contributed by atoms with Gasteiger partial charge in [0.1, 0.15) is 16.3 Å². The first kappa shape index (κ1) is 17.5. The third-order valence-corrected chi connectivity index (χ3v) is 6.75. The number of aryl methyl sites for hydroxylation is 1. The summed E-state index contributed by atoms with van der Waals surface area (Å²) in [6.45, 7) is 0. The molecule has 146 valence electrons. The van der Waals surface area contributed by atoms with Crippen LogP contribution in [0.25, 0.3) is 32.9 Å². The third-order valence-electron chi connectivity index (χ3n) is 5.86. The van der Waals surface area contributed by atoms with Gasteiger partial charge in [0.15, 0.2) is 0 Å². The van der Waals surface area contributed by atoms with Crippen molar-refractivity contribution in [3.63, 3.8) is 0 Å². The number of rotatable bonds is 3. The van der Waals surface area contributed by atoms with Crippen LogP contribution in [0.2, 0.25) is 0 Å². The van der Waals surface area contributed by atoms with Crippen molar-refractivity contribution in [2.45, 2.75) is 18.4 Å². The van der Waals surface area contributed by atoms with E-state index in [1.165, 1.54) is 0 Å². The molecule has 0 unspecified atom stereocenters. The summed E-state index contributed by atoms with van der Waals surface area (Å²) in [7, 11) is 0. The minimum Gasteiger partial charge on any atom is -0.379 e. The Balaban J connectivity index is 1.40. The zero-order valence-corrected chi connectivity index (χ0v) is 16.9. The summed E-state index contributed by atoms with van der Waals surface area (Å²) in [5.74, 6) is 0. The van der Waals surface area contributed by atoms with Crippen LogP contribution in [-0.4, -0.2) is 25.0 Å². The van der Waals surface area contributed by atoms with Gasteiger partial charge in [-0.2, -0.15) is 0 Å². The molecular formula is C24H18N4OS. The first-order valence-corrected chi connectivity index (χ1v) is 10.8. The van der Waals surface area contributed by atoms with Gasteiger partial charge in [0.25, 0.3) is 0 Å². The summed E-state index contributed by atoms with van der Waals surface area (Å²) in [4.78, 5) is 16.9. The number of pyridine rings is 2. The highest BCUT2D eigenvalue weighted by Gasteiger charge is 2.39. The van der Waals surface area contributed by atoms with E-state index in [-0.39, 0.29) is 0 Å². The zero-order valence-electron chi connectivity index (χ0n) is 16.0. The fourth-order valence-corrected chi connectivity index (χ4v) is 5.15. The molecule has 0 saturated carbocycles. The molecule has 1 aliphatic carbocycles. The molecule has 30 heavy (non-hydrogen) atoms. The number of nitrogens with zero attached hydrogens (tertiary/aromatic N) is 3. The Hall–Kier alpha value is -3.35. The van der Waals surface area contributed by atoms with Crippen molar-refractivity contribution in [1.29, 1.82) is 0 Å². The molecule has 4 heterocycles. The van der Waals surface area contributed by atoms with Gasteiger partial charge in [0.05, 0.1) is 11.4 Å². The van der Waals surface area contributed by atoms with Crippen molar-refractivity contribution in [1.82, 2.24) is 19.9 Å². The number of aromatic amines is 1. The highest BCUT2D eigenvalue weighted by atomic mass is 32.1. The first-order chi connectivity index (χ1) is 14.7. The van der Waals surface area contributed by atoms with E-state index in [1.54, 1.807) is 23.7 Å². The summed E-state index contributed by atoms with van der Waals surface area (Å²) in [5, 5.41) is 15.5. The average molecular weight is 411 g/mol. The van der Waals surface area contributed by atoms with Gasteiger partial charge in [-0.25, -0.2) is 9.97 Å². The number of H-pyrrole nitrogens is 1. The SMILES string of the molecule is O[C@@]1(c2cccc(-c3nc(-c4c[nH]c5ncccc45)cs3)c2)CCc2cccnc21. The third kappa shape index (κ3) is 2.61. The largest absolute Gasteiger partial charge is 0.379 e. The molecule has 0 saturated heterocycles. The average Bonchev–Trinajstić information content (AvgIpc) is 3.52. The minimum absolute atomic E-state index is 0.647. The molecule has 1 aliphatic rings. The molecule has 0 spiro atoms. The molecule has 0 bridgehead atoms. The van der Waals surface area contributed by atoms with E-state index in [0.717, 1.165) is 56.1 Å². The summed E-state index contributed by atoms with van der Waals surface area (Å²) in [6.07, 6.45) is 6.97. The zero-order chi connectivity index (χ0) is 20.1. The first-order valence-electron chi connectivity index (χ1n) is 9.88. The van der Waals surface area contributed by atoms with E-state index >= 15 is 0 Å². The molecule has 2 N–H and O–H groups in total. The van der Waals surface area contributed by atoms with Crippen molar-refractivity contribution < 1.29 is 5.11 Å². The van der Waals surface area contributed by atoms with E-state index in [9.17, 15) is 5.11 Å². The Morgan fingerprint density at radius 2 is 1.93 bits per heavy atom. The van der Waals surface area contributed by atoms with Crippen LogP contribution < -0.4 is 0 Å². The van der Waals surface area contributed by atoms with Crippen molar-refractivity contribution in [2.75, 3.05) is 0 Å². The normalized spacial score (nSPS) is 18.0. The highest BCUT2D eigenvalue weighted by Crippen LogP contribution is 2.42. The van der Waals surface area contributed by atoms with Crippen LogP contribution in [0.3, 0.4) is 0 Å². The van der Waals surface area contributed by atoms with Crippen molar-refractivity contribution in [3.8, 4) is 21.8 Å². The Labute approximate surface area is 177 Å². The summed E-state index contributed by atoms with van der Waals surface area (Å²) in [5.41, 5.74) is 5.54.